The summed E-state index contributed by atoms with van der Waals surface area (Å²) in [6.45, 7) is 1.59. The molecule has 0 aliphatic heterocycles. The van der Waals surface area contributed by atoms with Gasteiger partial charge in [0.15, 0.2) is 0 Å². The minimum atomic E-state index is -3.77. The zero-order chi connectivity index (χ0) is 23.8. The van der Waals surface area contributed by atoms with Crippen molar-refractivity contribution in [3.63, 3.8) is 0 Å². The molecule has 4 aromatic rings. The molecular weight excluding hydrogens is 468 g/mol. The summed E-state index contributed by atoms with van der Waals surface area (Å²) >= 11 is 5.92. The third kappa shape index (κ3) is 6.07. The second-order valence-electron chi connectivity index (χ2n) is 7.67. The smallest absolute Gasteiger partial charge is 0.244 e. The number of sulfonamides is 1. The van der Waals surface area contributed by atoms with Crippen LogP contribution in [0.2, 0.25) is 5.02 Å². The lowest BCUT2D eigenvalue weighted by Gasteiger charge is -2.23. The molecular formula is C26H25ClN4O2S. The second kappa shape index (κ2) is 11.4. The molecule has 8 heteroatoms. The van der Waals surface area contributed by atoms with E-state index >= 15 is 0 Å². The fourth-order valence-corrected chi connectivity index (χ4v) is 5.32. The van der Waals surface area contributed by atoms with Gasteiger partial charge in [-0.1, -0.05) is 54.1 Å². The van der Waals surface area contributed by atoms with Gasteiger partial charge in [-0.15, -0.1) is 0 Å². The number of aromatic nitrogens is 2. The lowest BCUT2D eigenvalue weighted by molar-refractivity contribution is 0.399. The van der Waals surface area contributed by atoms with Gasteiger partial charge in [-0.05, 0) is 42.0 Å². The number of nitrogens with one attached hydrogen (secondary N) is 1. The molecule has 2 aromatic heterocycles. The van der Waals surface area contributed by atoms with E-state index in [1.54, 1.807) is 36.8 Å². The minimum absolute atomic E-state index is 0.187. The van der Waals surface area contributed by atoms with Gasteiger partial charge in [-0.25, -0.2) is 8.42 Å². The first-order chi connectivity index (χ1) is 16.5. The third-order valence-corrected chi connectivity index (χ3v) is 7.46. The molecule has 0 aliphatic carbocycles. The SMILES string of the molecule is O=S(=O)(c1cccc2cnccc12)N(CCNCC=Cc1ccc(Cl)cc1)Cc1ccccn1. The monoisotopic (exact) mass is 492 g/mol. The van der Waals surface area contributed by atoms with Gasteiger partial charge in [-0.2, -0.15) is 4.31 Å². The van der Waals surface area contributed by atoms with E-state index in [4.69, 9.17) is 11.6 Å². The van der Waals surface area contributed by atoms with E-state index in [0.717, 1.165) is 10.9 Å². The number of pyridine rings is 2. The molecule has 0 aliphatic rings. The Bertz CT molecular complexity index is 1360. The average Bonchev–Trinajstić information content (AvgIpc) is 2.86. The van der Waals surface area contributed by atoms with Gasteiger partial charge in [0.25, 0.3) is 0 Å². The second-order valence-corrected chi connectivity index (χ2v) is 10.0. The fraction of sp³-hybridized carbons (Fsp3) is 0.154. The van der Waals surface area contributed by atoms with E-state index in [0.29, 0.717) is 35.7 Å². The number of hydrogen-bond acceptors (Lipinski definition) is 5. The summed E-state index contributed by atoms with van der Waals surface area (Å²) in [7, 11) is -3.77. The number of halogens is 1. The Labute approximate surface area is 205 Å². The van der Waals surface area contributed by atoms with E-state index in [1.165, 1.54) is 4.31 Å². The zero-order valence-corrected chi connectivity index (χ0v) is 20.1. The first-order valence-electron chi connectivity index (χ1n) is 10.9. The van der Waals surface area contributed by atoms with Crippen molar-refractivity contribution in [1.82, 2.24) is 19.6 Å². The predicted molar refractivity (Wildman–Crippen MR) is 137 cm³/mol. The molecule has 0 fully saturated rings. The van der Waals surface area contributed by atoms with Gasteiger partial charge in [0.05, 0.1) is 17.1 Å². The van der Waals surface area contributed by atoms with Crippen molar-refractivity contribution in [2.75, 3.05) is 19.6 Å². The van der Waals surface area contributed by atoms with E-state index in [1.807, 2.05) is 60.7 Å². The molecule has 0 saturated carbocycles. The average molecular weight is 493 g/mol. The molecule has 1 N–H and O–H groups in total. The topological polar surface area (TPSA) is 75.2 Å². The fourth-order valence-electron chi connectivity index (χ4n) is 3.57. The van der Waals surface area contributed by atoms with Gasteiger partial charge in [0.2, 0.25) is 10.0 Å². The van der Waals surface area contributed by atoms with Crippen LogP contribution in [0.15, 0.2) is 96.3 Å². The highest BCUT2D eigenvalue weighted by Crippen LogP contribution is 2.26. The van der Waals surface area contributed by atoms with Crippen molar-refractivity contribution in [2.24, 2.45) is 0 Å². The Balaban J connectivity index is 1.48. The normalized spacial score (nSPS) is 12.1. The molecule has 0 atom stereocenters. The molecule has 4 rings (SSSR count). The predicted octanol–water partition coefficient (Wildman–Crippen LogP) is 4.78. The van der Waals surface area contributed by atoms with E-state index in [9.17, 15) is 8.42 Å². The molecule has 0 radical (unpaired) electrons. The van der Waals surface area contributed by atoms with Gasteiger partial charge in [-0.3, -0.25) is 9.97 Å². The highest BCUT2D eigenvalue weighted by atomic mass is 35.5. The van der Waals surface area contributed by atoms with Crippen LogP contribution in [0.5, 0.6) is 0 Å². The van der Waals surface area contributed by atoms with E-state index in [2.05, 4.69) is 15.3 Å². The summed E-state index contributed by atoms with van der Waals surface area (Å²) in [5.74, 6) is 0. The maximum absolute atomic E-state index is 13.7. The van der Waals surface area contributed by atoms with Gasteiger partial charge in [0.1, 0.15) is 0 Å². The van der Waals surface area contributed by atoms with Crippen molar-refractivity contribution in [1.29, 1.82) is 0 Å². The third-order valence-electron chi connectivity index (χ3n) is 5.30. The van der Waals surface area contributed by atoms with Crippen LogP contribution in [0.3, 0.4) is 0 Å². The Morgan fingerprint density at radius 2 is 1.82 bits per heavy atom. The maximum atomic E-state index is 13.7. The first kappa shape index (κ1) is 24.0. The molecule has 0 spiro atoms. The summed E-state index contributed by atoms with van der Waals surface area (Å²) in [6.07, 6.45) is 8.95. The van der Waals surface area contributed by atoms with Crippen LogP contribution in [0.4, 0.5) is 0 Å². The highest BCUT2D eigenvalue weighted by Gasteiger charge is 2.26. The summed E-state index contributed by atoms with van der Waals surface area (Å²) in [5.41, 5.74) is 1.74. The van der Waals surface area contributed by atoms with Crippen molar-refractivity contribution >= 4 is 38.5 Å². The summed E-state index contributed by atoms with van der Waals surface area (Å²) in [6, 6.07) is 20.1. The van der Waals surface area contributed by atoms with Crippen LogP contribution >= 0.6 is 11.6 Å². The Hall–Kier alpha value is -3.10. The lowest BCUT2D eigenvalue weighted by atomic mass is 10.2. The standard InChI is InChI=1S/C26H25ClN4O2S/c27-23-11-9-21(10-12-23)5-4-14-28-17-18-31(20-24-7-1-2-15-30-24)34(32,33)26-8-3-6-22-19-29-16-13-25(22)26/h1-13,15-16,19,28H,14,17-18,20H2. The van der Waals surface area contributed by atoms with Gasteiger partial charge < -0.3 is 5.32 Å². The number of nitrogens with zero attached hydrogens (tertiary/aromatic N) is 3. The Morgan fingerprint density at radius 1 is 0.971 bits per heavy atom. The molecule has 6 nitrogen and oxygen atoms in total. The molecule has 0 saturated heterocycles. The van der Waals surface area contributed by atoms with Crippen LogP contribution in [0.1, 0.15) is 11.3 Å². The number of fused-ring (bicyclic) bond motifs is 1. The van der Waals surface area contributed by atoms with Crippen LogP contribution in [-0.2, 0) is 16.6 Å². The summed E-state index contributed by atoms with van der Waals surface area (Å²) < 4.78 is 28.9. The van der Waals surface area contributed by atoms with Gasteiger partial charge >= 0.3 is 0 Å². The van der Waals surface area contributed by atoms with Crippen molar-refractivity contribution in [2.45, 2.75) is 11.4 Å². The van der Waals surface area contributed by atoms with Crippen molar-refractivity contribution in [3.8, 4) is 0 Å². The first-order valence-corrected chi connectivity index (χ1v) is 12.7. The van der Waals surface area contributed by atoms with E-state index in [-0.39, 0.29) is 11.4 Å². The molecule has 2 heterocycles. The van der Waals surface area contributed by atoms with Crippen LogP contribution in [0, 0.1) is 0 Å². The van der Waals surface area contributed by atoms with Crippen LogP contribution < -0.4 is 5.32 Å². The van der Waals surface area contributed by atoms with E-state index < -0.39 is 10.0 Å². The summed E-state index contributed by atoms with van der Waals surface area (Å²) in [5, 5.41) is 5.43. The Kier molecular flexibility index (Phi) is 8.03. The van der Waals surface area contributed by atoms with Crippen LogP contribution in [0.25, 0.3) is 16.8 Å². The molecule has 0 unspecified atom stereocenters. The Morgan fingerprint density at radius 3 is 2.62 bits per heavy atom. The summed E-state index contributed by atoms with van der Waals surface area (Å²) in [4.78, 5) is 8.71. The molecule has 2 aromatic carbocycles. The largest absolute Gasteiger partial charge is 0.312 e. The quantitative estimate of drug-likeness (QED) is 0.322. The molecule has 0 amide bonds. The lowest BCUT2D eigenvalue weighted by Crippen LogP contribution is -2.37. The van der Waals surface area contributed by atoms with Crippen molar-refractivity contribution in [3.05, 3.63) is 108 Å². The number of rotatable bonds is 10. The molecule has 34 heavy (non-hydrogen) atoms. The van der Waals surface area contributed by atoms with Gasteiger partial charge in [0, 0.05) is 54.0 Å². The maximum Gasteiger partial charge on any atom is 0.244 e. The highest BCUT2D eigenvalue weighted by molar-refractivity contribution is 7.89. The minimum Gasteiger partial charge on any atom is -0.312 e. The zero-order valence-electron chi connectivity index (χ0n) is 18.5. The van der Waals surface area contributed by atoms with Crippen molar-refractivity contribution < 1.29 is 8.42 Å². The van der Waals surface area contributed by atoms with Crippen LogP contribution in [-0.4, -0.2) is 42.3 Å². The number of benzene rings is 2. The molecule has 0 bridgehead atoms. The number of hydrogen-bond donors (Lipinski definition) is 1. The molecule has 174 valence electrons.